The molecule has 18 heavy (non-hydrogen) atoms. The van der Waals surface area contributed by atoms with Gasteiger partial charge >= 0.3 is 0 Å². The van der Waals surface area contributed by atoms with Gasteiger partial charge in [-0.2, -0.15) is 0 Å². The van der Waals surface area contributed by atoms with Crippen LogP contribution < -0.4 is 10.6 Å². The van der Waals surface area contributed by atoms with Gasteiger partial charge in [0.15, 0.2) is 0 Å². The second-order valence-electron chi connectivity index (χ2n) is 3.82. The van der Waals surface area contributed by atoms with Crippen molar-refractivity contribution in [3.63, 3.8) is 0 Å². The molecule has 1 rings (SSSR count). The molecule has 0 aliphatic carbocycles. The number of carbonyl (C=O) groups excluding carboxylic acids is 2. The number of hydrogen-bond acceptors (Lipinski definition) is 3. The van der Waals surface area contributed by atoms with Crippen molar-refractivity contribution in [3.05, 3.63) is 34.3 Å². The molecule has 2 amide bonds. The maximum atomic E-state index is 11.7. The van der Waals surface area contributed by atoms with Gasteiger partial charge in [0, 0.05) is 11.0 Å². The van der Waals surface area contributed by atoms with E-state index in [9.17, 15) is 9.59 Å². The van der Waals surface area contributed by atoms with Crippen LogP contribution >= 0.6 is 15.9 Å². The smallest absolute Gasteiger partial charge is 0.252 e. The molecule has 0 aliphatic rings. The molecule has 6 heteroatoms. The molecule has 0 saturated carbocycles. The van der Waals surface area contributed by atoms with Gasteiger partial charge in [-0.1, -0.05) is 12.1 Å². The first kappa shape index (κ1) is 14.7. The maximum Gasteiger partial charge on any atom is 0.252 e. The number of benzene rings is 1. The number of aliphatic hydroxyl groups is 1. The third kappa shape index (κ3) is 4.85. The van der Waals surface area contributed by atoms with Crippen molar-refractivity contribution >= 4 is 27.7 Å². The lowest BCUT2D eigenvalue weighted by Gasteiger charge is -2.09. The molecule has 0 spiro atoms. The summed E-state index contributed by atoms with van der Waals surface area (Å²) in [6.07, 6.45) is -0.604. The van der Waals surface area contributed by atoms with Crippen molar-refractivity contribution in [2.45, 2.75) is 13.0 Å². The zero-order valence-corrected chi connectivity index (χ0v) is 11.5. The summed E-state index contributed by atoms with van der Waals surface area (Å²) in [5.41, 5.74) is 0.473. The highest BCUT2D eigenvalue weighted by atomic mass is 79.9. The maximum absolute atomic E-state index is 11.7. The van der Waals surface area contributed by atoms with E-state index >= 15 is 0 Å². The second kappa shape index (κ2) is 7.13. The molecule has 0 bridgehead atoms. The molecule has 0 saturated heterocycles. The van der Waals surface area contributed by atoms with E-state index in [1.54, 1.807) is 31.2 Å². The summed E-state index contributed by atoms with van der Waals surface area (Å²) in [5, 5.41) is 14.0. The molecular weight excluding hydrogens is 300 g/mol. The van der Waals surface area contributed by atoms with E-state index < -0.39 is 6.10 Å². The summed E-state index contributed by atoms with van der Waals surface area (Å²) >= 11 is 3.26. The Morgan fingerprint density at radius 3 is 2.61 bits per heavy atom. The molecular formula is C12H15BrN2O3. The highest BCUT2D eigenvalue weighted by Crippen LogP contribution is 2.15. The highest BCUT2D eigenvalue weighted by molar-refractivity contribution is 9.10. The number of nitrogens with one attached hydrogen (secondary N) is 2. The van der Waals surface area contributed by atoms with Crippen molar-refractivity contribution in [2.75, 3.05) is 13.1 Å². The zero-order chi connectivity index (χ0) is 13.5. The van der Waals surface area contributed by atoms with Gasteiger partial charge in [-0.25, -0.2) is 0 Å². The number of amides is 2. The molecule has 0 heterocycles. The molecule has 1 aromatic carbocycles. The summed E-state index contributed by atoms with van der Waals surface area (Å²) in [7, 11) is 0. The average molecular weight is 315 g/mol. The standard InChI is InChI=1S/C12H15BrN2O3/c1-8(16)6-14-11(17)7-15-12(18)9-4-2-3-5-10(9)13/h2-5,8,16H,6-7H2,1H3,(H,14,17)(H,15,18)/t8-/m0/s1. The first-order valence-electron chi connectivity index (χ1n) is 5.48. The summed E-state index contributed by atoms with van der Waals surface area (Å²) in [6.45, 7) is 1.62. The van der Waals surface area contributed by atoms with Crippen LogP contribution in [0, 0.1) is 0 Å². The van der Waals surface area contributed by atoms with E-state index in [4.69, 9.17) is 5.11 Å². The molecule has 1 atom stereocenters. The van der Waals surface area contributed by atoms with Gasteiger partial charge in [0.1, 0.15) is 0 Å². The predicted molar refractivity (Wildman–Crippen MR) is 71.2 cm³/mol. The fourth-order valence-electron chi connectivity index (χ4n) is 1.23. The van der Waals surface area contributed by atoms with Gasteiger partial charge in [0.2, 0.25) is 5.91 Å². The van der Waals surface area contributed by atoms with Crippen molar-refractivity contribution in [1.29, 1.82) is 0 Å². The van der Waals surface area contributed by atoms with Crippen molar-refractivity contribution < 1.29 is 14.7 Å². The minimum atomic E-state index is -0.604. The Morgan fingerprint density at radius 2 is 2.00 bits per heavy atom. The minimum Gasteiger partial charge on any atom is -0.392 e. The summed E-state index contributed by atoms with van der Waals surface area (Å²) in [5.74, 6) is -0.661. The quantitative estimate of drug-likeness (QED) is 0.747. The van der Waals surface area contributed by atoms with E-state index in [1.807, 2.05) is 0 Å². The zero-order valence-electron chi connectivity index (χ0n) is 9.94. The van der Waals surface area contributed by atoms with Gasteiger partial charge in [0.25, 0.3) is 5.91 Å². The first-order chi connectivity index (χ1) is 8.50. The lowest BCUT2D eigenvalue weighted by Crippen LogP contribution is -2.39. The Morgan fingerprint density at radius 1 is 1.33 bits per heavy atom. The van der Waals surface area contributed by atoms with Crippen LogP contribution in [0.3, 0.4) is 0 Å². The van der Waals surface area contributed by atoms with E-state index in [2.05, 4.69) is 26.6 Å². The number of rotatable bonds is 5. The average Bonchev–Trinajstić information content (AvgIpc) is 2.34. The van der Waals surface area contributed by atoms with Gasteiger partial charge in [-0.05, 0) is 35.0 Å². The Kier molecular flexibility index (Phi) is 5.80. The number of aliphatic hydroxyl groups excluding tert-OH is 1. The van der Waals surface area contributed by atoms with Crippen LogP contribution in [0.2, 0.25) is 0 Å². The molecule has 0 fully saturated rings. The number of hydrogen-bond donors (Lipinski definition) is 3. The normalized spacial score (nSPS) is 11.7. The summed E-state index contributed by atoms with van der Waals surface area (Å²) in [6, 6.07) is 6.96. The highest BCUT2D eigenvalue weighted by Gasteiger charge is 2.10. The topological polar surface area (TPSA) is 78.4 Å². The molecule has 98 valence electrons. The van der Waals surface area contributed by atoms with Gasteiger partial charge in [-0.3, -0.25) is 9.59 Å². The Hall–Kier alpha value is -1.40. The van der Waals surface area contributed by atoms with Crippen molar-refractivity contribution in [2.24, 2.45) is 0 Å². The van der Waals surface area contributed by atoms with Crippen LogP contribution in [-0.4, -0.2) is 36.1 Å². The monoisotopic (exact) mass is 314 g/mol. The molecule has 3 N–H and O–H groups in total. The van der Waals surface area contributed by atoms with Gasteiger partial charge in [0.05, 0.1) is 18.2 Å². The molecule has 0 aromatic heterocycles. The third-order valence-corrected chi connectivity index (χ3v) is 2.81. The molecule has 0 unspecified atom stereocenters. The third-order valence-electron chi connectivity index (χ3n) is 2.12. The van der Waals surface area contributed by atoms with E-state index in [0.717, 1.165) is 0 Å². The SMILES string of the molecule is C[C@H](O)CNC(=O)CNC(=O)c1ccccc1Br. The summed E-state index contributed by atoms with van der Waals surface area (Å²) < 4.78 is 0.673. The van der Waals surface area contributed by atoms with Crippen LogP contribution in [0.25, 0.3) is 0 Å². The van der Waals surface area contributed by atoms with Crippen LogP contribution in [0.5, 0.6) is 0 Å². The Bertz CT molecular complexity index is 435. The lowest BCUT2D eigenvalue weighted by atomic mass is 10.2. The fraction of sp³-hybridized carbons (Fsp3) is 0.333. The molecule has 0 radical (unpaired) electrons. The predicted octanol–water partition coefficient (Wildman–Crippen LogP) is 0.676. The van der Waals surface area contributed by atoms with E-state index in [0.29, 0.717) is 10.0 Å². The Balaban J connectivity index is 2.42. The van der Waals surface area contributed by atoms with Crippen LogP contribution in [0.15, 0.2) is 28.7 Å². The van der Waals surface area contributed by atoms with E-state index in [-0.39, 0.29) is 24.9 Å². The number of halogens is 1. The first-order valence-corrected chi connectivity index (χ1v) is 6.27. The van der Waals surface area contributed by atoms with Crippen molar-refractivity contribution in [1.82, 2.24) is 10.6 Å². The van der Waals surface area contributed by atoms with Gasteiger partial charge < -0.3 is 15.7 Å². The van der Waals surface area contributed by atoms with E-state index in [1.165, 1.54) is 0 Å². The largest absolute Gasteiger partial charge is 0.392 e. The van der Waals surface area contributed by atoms with Crippen LogP contribution in [-0.2, 0) is 4.79 Å². The van der Waals surface area contributed by atoms with Crippen LogP contribution in [0.1, 0.15) is 17.3 Å². The molecule has 0 aliphatic heterocycles. The second-order valence-corrected chi connectivity index (χ2v) is 4.67. The minimum absolute atomic E-state index is 0.118. The van der Waals surface area contributed by atoms with Gasteiger partial charge in [-0.15, -0.1) is 0 Å². The van der Waals surface area contributed by atoms with Crippen LogP contribution in [0.4, 0.5) is 0 Å². The molecule has 1 aromatic rings. The molecule has 5 nitrogen and oxygen atoms in total. The fourth-order valence-corrected chi connectivity index (χ4v) is 1.69. The Labute approximate surface area is 114 Å². The van der Waals surface area contributed by atoms with Crippen molar-refractivity contribution in [3.8, 4) is 0 Å². The number of carbonyl (C=O) groups is 2. The summed E-state index contributed by atoms with van der Waals surface area (Å²) in [4.78, 5) is 23.1. The lowest BCUT2D eigenvalue weighted by molar-refractivity contribution is -0.120.